The van der Waals surface area contributed by atoms with Crippen LogP contribution in [0.5, 0.6) is 5.75 Å². The number of ether oxygens (including phenoxy) is 2. The van der Waals surface area contributed by atoms with Crippen LogP contribution in [-0.4, -0.2) is 59.2 Å². The monoisotopic (exact) mass is 528 g/mol. The van der Waals surface area contributed by atoms with Crippen LogP contribution in [0, 0.1) is 13.8 Å². The van der Waals surface area contributed by atoms with E-state index in [0.717, 1.165) is 35.4 Å². The first-order valence-corrected chi connectivity index (χ1v) is 13.0. The highest BCUT2D eigenvalue weighted by molar-refractivity contribution is 5.97. The number of carbonyl (C=O) groups excluding carboxylic acids is 2. The molecule has 0 aliphatic carbocycles. The number of benzene rings is 2. The zero-order valence-corrected chi connectivity index (χ0v) is 22.3. The molecule has 2 amide bonds. The van der Waals surface area contributed by atoms with Gasteiger partial charge in [-0.25, -0.2) is 4.98 Å². The summed E-state index contributed by atoms with van der Waals surface area (Å²) in [4.78, 5) is 32.7. The Bertz CT molecular complexity index is 1440. The van der Waals surface area contributed by atoms with E-state index < -0.39 is 0 Å². The van der Waals surface area contributed by atoms with E-state index in [2.05, 4.69) is 18.3 Å². The van der Waals surface area contributed by atoms with Crippen LogP contribution in [0.4, 0.5) is 5.95 Å². The Morgan fingerprint density at radius 3 is 2.62 bits per heavy atom. The Balaban J connectivity index is 1.42. The molecule has 9 nitrogen and oxygen atoms in total. The van der Waals surface area contributed by atoms with Crippen LogP contribution in [0.25, 0.3) is 16.9 Å². The van der Waals surface area contributed by atoms with Gasteiger partial charge in [0.25, 0.3) is 5.91 Å². The predicted octanol–water partition coefficient (Wildman–Crippen LogP) is 5.02. The summed E-state index contributed by atoms with van der Waals surface area (Å²) in [6, 6.07) is 16.9. The fourth-order valence-corrected chi connectivity index (χ4v) is 4.59. The number of aryl methyl sites for hydroxylation is 2. The smallest absolute Gasteiger partial charge is 0.290 e. The minimum atomic E-state index is -0.370. The van der Waals surface area contributed by atoms with E-state index >= 15 is 0 Å². The van der Waals surface area contributed by atoms with Crippen LogP contribution in [0.15, 0.2) is 71.5 Å². The van der Waals surface area contributed by atoms with Crippen molar-refractivity contribution in [3.05, 3.63) is 83.9 Å². The van der Waals surface area contributed by atoms with Gasteiger partial charge in [-0.1, -0.05) is 6.07 Å². The molecule has 1 N–H and O–H groups in total. The molecule has 5 rings (SSSR count). The number of carbonyl (C=O) groups is 2. The van der Waals surface area contributed by atoms with Gasteiger partial charge in [0.1, 0.15) is 12.3 Å². The van der Waals surface area contributed by atoms with Crippen molar-refractivity contribution in [2.24, 2.45) is 0 Å². The first kappa shape index (κ1) is 26.2. The third-order valence-corrected chi connectivity index (χ3v) is 6.91. The normalized spacial score (nSPS) is 14.8. The minimum Gasteiger partial charge on any atom is -0.497 e. The van der Waals surface area contributed by atoms with E-state index in [9.17, 15) is 9.59 Å². The van der Waals surface area contributed by atoms with Crippen molar-refractivity contribution in [3.8, 4) is 22.7 Å². The zero-order valence-electron chi connectivity index (χ0n) is 22.3. The molecule has 0 bridgehead atoms. The highest BCUT2D eigenvalue weighted by atomic mass is 16.5. The van der Waals surface area contributed by atoms with Crippen molar-refractivity contribution in [1.29, 1.82) is 0 Å². The average molecular weight is 529 g/mol. The summed E-state index contributed by atoms with van der Waals surface area (Å²) in [6.07, 6.45) is 4.99. The lowest BCUT2D eigenvalue weighted by Crippen LogP contribution is -2.42. The molecule has 0 unspecified atom stereocenters. The molecule has 9 heteroatoms. The fraction of sp³-hybridized carbons (Fsp3) is 0.300. The molecule has 1 aliphatic rings. The number of rotatable bonds is 9. The molecule has 3 heterocycles. The Hall–Kier alpha value is -4.37. The highest BCUT2D eigenvalue weighted by Gasteiger charge is 2.27. The molecule has 202 valence electrons. The van der Waals surface area contributed by atoms with E-state index in [1.807, 2.05) is 54.1 Å². The van der Waals surface area contributed by atoms with Crippen LogP contribution < -0.4 is 10.1 Å². The molecular weight excluding hydrogens is 496 g/mol. The average Bonchev–Trinajstić information content (AvgIpc) is 3.72. The molecular formula is C30H32N4O5. The number of amides is 2. The molecule has 39 heavy (non-hydrogen) atoms. The first-order valence-electron chi connectivity index (χ1n) is 13.0. The van der Waals surface area contributed by atoms with E-state index in [-0.39, 0.29) is 30.2 Å². The second kappa shape index (κ2) is 11.6. The van der Waals surface area contributed by atoms with Crippen molar-refractivity contribution in [3.63, 3.8) is 0 Å². The number of hydrogen-bond donors (Lipinski definition) is 1. The lowest BCUT2D eigenvalue weighted by molar-refractivity contribution is -0.117. The molecule has 1 saturated heterocycles. The van der Waals surface area contributed by atoms with Gasteiger partial charge in [-0.2, -0.15) is 0 Å². The SMILES string of the molecule is COc1ccc(-c2cn(-c3ccc(C)c(C)c3)c(NC(=O)CN(C[C@H]3CCCO3)C(=O)c3ccco3)n2)cc1. The van der Waals surface area contributed by atoms with Crippen molar-refractivity contribution < 1.29 is 23.5 Å². The van der Waals surface area contributed by atoms with Gasteiger partial charge in [0.05, 0.1) is 25.2 Å². The standard InChI is InChI=1S/C30H32N4O5/c1-20-8-11-23(16-21(20)2)34-18-26(22-9-12-24(37-3)13-10-22)31-30(34)32-28(35)19-33(17-25-6-4-14-38-25)29(36)27-7-5-15-39-27/h5,7-13,15-16,18,25H,4,6,14,17,19H2,1-3H3,(H,31,32,35)/t25-/m1/s1. The van der Waals surface area contributed by atoms with Crippen molar-refractivity contribution >= 4 is 17.8 Å². The van der Waals surface area contributed by atoms with Crippen LogP contribution in [-0.2, 0) is 9.53 Å². The van der Waals surface area contributed by atoms with Gasteiger partial charge in [-0.05, 0) is 86.3 Å². The topological polar surface area (TPSA) is 98.8 Å². The zero-order chi connectivity index (χ0) is 27.4. The maximum Gasteiger partial charge on any atom is 0.290 e. The lowest BCUT2D eigenvalue weighted by atomic mass is 10.1. The summed E-state index contributed by atoms with van der Waals surface area (Å²) < 4.78 is 18.2. The summed E-state index contributed by atoms with van der Waals surface area (Å²) >= 11 is 0. The van der Waals surface area contributed by atoms with E-state index in [4.69, 9.17) is 18.9 Å². The number of nitrogens with one attached hydrogen (secondary N) is 1. The largest absolute Gasteiger partial charge is 0.497 e. The number of hydrogen-bond acceptors (Lipinski definition) is 6. The molecule has 0 spiro atoms. The van der Waals surface area contributed by atoms with Gasteiger partial charge >= 0.3 is 0 Å². The van der Waals surface area contributed by atoms with E-state index in [1.54, 1.807) is 19.2 Å². The molecule has 1 aliphatic heterocycles. The summed E-state index contributed by atoms with van der Waals surface area (Å²) in [5.41, 5.74) is 4.72. The minimum absolute atomic E-state index is 0.115. The van der Waals surface area contributed by atoms with Crippen molar-refractivity contribution in [2.75, 3.05) is 32.1 Å². The fourth-order valence-electron chi connectivity index (χ4n) is 4.59. The Labute approximate surface area is 227 Å². The quantitative estimate of drug-likeness (QED) is 0.328. The van der Waals surface area contributed by atoms with Gasteiger partial charge in [0, 0.05) is 30.6 Å². The van der Waals surface area contributed by atoms with E-state index in [1.165, 1.54) is 16.7 Å². The number of furan rings is 1. The van der Waals surface area contributed by atoms with Gasteiger partial charge in [-0.3, -0.25) is 19.5 Å². The summed E-state index contributed by atoms with van der Waals surface area (Å²) in [5.74, 6) is 0.552. The second-order valence-corrected chi connectivity index (χ2v) is 9.66. The molecule has 2 aromatic heterocycles. The van der Waals surface area contributed by atoms with Gasteiger partial charge in [0.2, 0.25) is 11.9 Å². The maximum absolute atomic E-state index is 13.4. The highest BCUT2D eigenvalue weighted by Crippen LogP contribution is 2.27. The van der Waals surface area contributed by atoms with Gasteiger partial charge in [0.15, 0.2) is 5.76 Å². The number of nitrogens with zero attached hydrogens (tertiary/aromatic N) is 3. The molecule has 1 fully saturated rings. The molecule has 2 aromatic carbocycles. The first-order chi connectivity index (χ1) is 18.9. The van der Waals surface area contributed by atoms with Crippen LogP contribution >= 0.6 is 0 Å². The Morgan fingerprint density at radius 1 is 1.13 bits per heavy atom. The lowest BCUT2D eigenvalue weighted by Gasteiger charge is -2.24. The number of aromatic nitrogens is 2. The maximum atomic E-state index is 13.4. The number of anilines is 1. The summed E-state index contributed by atoms with van der Waals surface area (Å²) in [6.45, 7) is 4.88. The molecule has 0 saturated carbocycles. The summed E-state index contributed by atoms with van der Waals surface area (Å²) in [5, 5.41) is 2.93. The van der Waals surface area contributed by atoms with Crippen LogP contribution in [0.1, 0.15) is 34.5 Å². The Kier molecular flexibility index (Phi) is 7.79. The molecule has 0 radical (unpaired) electrons. The van der Waals surface area contributed by atoms with Crippen LogP contribution in [0.3, 0.4) is 0 Å². The third-order valence-electron chi connectivity index (χ3n) is 6.91. The van der Waals surface area contributed by atoms with Gasteiger partial charge < -0.3 is 18.8 Å². The van der Waals surface area contributed by atoms with Crippen molar-refractivity contribution in [1.82, 2.24) is 14.5 Å². The van der Waals surface area contributed by atoms with Crippen LogP contribution in [0.2, 0.25) is 0 Å². The van der Waals surface area contributed by atoms with E-state index in [0.29, 0.717) is 24.8 Å². The molecule has 1 atom stereocenters. The third kappa shape index (κ3) is 6.04. The number of imidazole rings is 1. The second-order valence-electron chi connectivity index (χ2n) is 9.66. The number of methoxy groups -OCH3 is 1. The summed E-state index contributed by atoms with van der Waals surface area (Å²) in [7, 11) is 1.62. The predicted molar refractivity (Wildman–Crippen MR) is 147 cm³/mol. The molecule has 4 aromatic rings. The van der Waals surface area contributed by atoms with Gasteiger partial charge in [-0.15, -0.1) is 0 Å². The Morgan fingerprint density at radius 2 is 1.95 bits per heavy atom. The van der Waals surface area contributed by atoms with Crippen molar-refractivity contribution in [2.45, 2.75) is 32.8 Å².